The van der Waals surface area contributed by atoms with Crippen molar-refractivity contribution in [2.45, 2.75) is 25.7 Å². The first kappa shape index (κ1) is 15.8. The highest BCUT2D eigenvalue weighted by Gasteiger charge is 2.22. The van der Waals surface area contributed by atoms with E-state index in [0.29, 0.717) is 19.0 Å². The predicted octanol–water partition coefficient (Wildman–Crippen LogP) is 4.88. The molecular weight excluding hydrogens is 312 g/mol. The number of para-hydroxylation sites is 1. The molecule has 1 aliphatic carbocycles. The van der Waals surface area contributed by atoms with Crippen molar-refractivity contribution in [3.05, 3.63) is 65.7 Å². The molecule has 0 heterocycles. The Balaban J connectivity index is 1.59. The normalized spacial score (nSPS) is 13.4. The molecule has 128 valence electrons. The molecule has 1 N–H and O–H groups in total. The maximum atomic E-state index is 10.7. The summed E-state index contributed by atoms with van der Waals surface area (Å²) >= 11 is 0. The number of phenolic OH excluding ortho intramolecular Hbond substituents is 1. The summed E-state index contributed by atoms with van der Waals surface area (Å²) in [5, 5.41) is 12.5. The molecule has 3 aromatic rings. The smallest absolute Gasteiger partial charge is 0.131 e. The summed E-state index contributed by atoms with van der Waals surface area (Å²) in [7, 11) is 0. The van der Waals surface area contributed by atoms with Crippen LogP contribution < -0.4 is 9.47 Å². The van der Waals surface area contributed by atoms with Gasteiger partial charge in [0.05, 0.1) is 0 Å². The van der Waals surface area contributed by atoms with Crippen LogP contribution in [0.25, 0.3) is 10.8 Å². The monoisotopic (exact) mass is 334 g/mol. The van der Waals surface area contributed by atoms with Gasteiger partial charge in [0, 0.05) is 21.9 Å². The van der Waals surface area contributed by atoms with E-state index in [1.54, 1.807) is 0 Å². The van der Waals surface area contributed by atoms with Gasteiger partial charge in [0.15, 0.2) is 0 Å². The molecule has 0 aliphatic heterocycles. The summed E-state index contributed by atoms with van der Waals surface area (Å²) in [4.78, 5) is 0. The predicted molar refractivity (Wildman–Crippen MR) is 99.7 cm³/mol. The molecule has 0 unspecified atom stereocenters. The zero-order chi connectivity index (χ0) is 17.1. The molecule has 0 amide bonds. The Morgan fingerprint density at radius 1 is 0.720 bits per heavy atom. The minimum Gasteiger partial charge on any atom is -0.507 e. The van der Waals surface area contributed by atoms with E-state index in [-0.39, 0.29) is 0 Å². The lowest BCUT2D eigenvalue weighted by molar-refractivity contribution is 0.217. The van der Waals surface area contributed by atoms with Crippen molar-refractivity contribution >= 4 is 10.8 Å². The van der Waals surface area contributed by atoms with E-state index in [1.165, 1.54) is 5.56 Å². The van der Waals surface area contributed by atoms with Gasteiger partial charge in [-0.15, -0.1) is 0 Å². The van der Waals surface area contributed by atoms with Crippen molar-refractivity contribution < 1.29 is 14.6 Å². The highest BCUT2D eigenvalue weighted by molar-refractivity contribution is 5.96. The molecule has 0 bridgehead atoms. The summed E-state index contributed by atoms with van der Waals surface area (Å²) in [5.74, 6) is 2.20. The molecular formula is C22H22O3. The second-order valence-corrected chi connectivity index (χ2v) is 6.40. The summed E-state index contributed by atoms with van der Waals surface area (Å²) in [6.45, 7) is 0.976. The number of hydrogen-bond donors (Lipinski definition) is 1. The average molecular weight is 334 g/mol. The second-order valence-electron chi connectivity index (χ2n) is 6.40. The van der Waals surface area contributed by atoms with Crippen LogP contribution in [0.4, 0.5) is 0 Å². The van der Waals surface area contributed by atoms with E-state index < -0.39 is 0 Å². The van der Waals surface area contributed by atoms with E-state index in [2.05, 4.69) is 0 Å². The Kier molecular flexibility index (Phi) is 4.47. The van der Waals surface area contributed by atoms with Crippen molar-refractivity contribution in [2.75, 3.05) is 13.2 Å². The lowest BCUT2D eigenvalue weighted by atomic mass is 9.87. The Bertz CT molecular complexity index is 871. The minimum absolute atomic E-state index is 0.429. The molecule has 3 nitrogen and oxygen atoms in total. The van der Waals surface area contributed by atoms with Gasteiger partial charge in [0.25, 0.3) is 0 Å². The van der Waals surface area contributed by atoms with Gasteiger partial charge in [-0.1, -0.05) is 42.5 Å². The van der Waals surface area contributed by atoms with Crippen LogP contribution in [0.5, 0.6) is 17.2 Å². The topological polar surface area (TPSA) is 38.7 Å². The highest BCUT2D eigenvalue weighted by Crippen LogP contribution is 2.43. The summed E-state index contributed by atoms with van der Waals surface area (Å²) in [5.41, 5.74) is 2.23. The van der Waals surface area contributed by atoms with Crippen LogP contribution in [0.3, 0.4) is 0 Å². The quantitative estimate of drug-likeness (QED) is 0.676. The van der Waals surface area contributed by atoms with Gasteiger partial charge in [0.1, 0.15) is 30.5 Å². The fourth-order valence-electron chi connectivity index (χ4n) is 3.61. The number of ether oxygens (including phenoxy) is 2. The molecule has 25 heavy (non-hydrogen) atoms. The zero-order valence-electron chi connectivity index (χ0n) is 14.2. The average Bonchev–Trinajstić information content (AvgIpc) is 2.68. The highest BCUT2D eigenvalue weighted by atomic mass is 16.5. The molecule has 4 rings (SSSR count). The molecule has 0 saturated carbocycles. The number of phenols is 1. The van der Waals surface area contributed by atoms with Crippen LogP contribution in [-0.4, -0.2) is 18.3 Å². The van der Waals surface area contributed by atoms with Gasteiger partial charge in [-0.05, 0) is 37.8 Å². The Hall–Kier alpha value is -2.68. The fourth-order valence-corrected chi connectivity index (χ4v) is 3.61. The van der Waals surface area contributed by atoms with E-state index in [0.717, 1.165) is 53.5 Å². The molecule has 0 aromatic heterocycles. The van der Waals surface area contributed by atoms with Crippen LogP contribution in [0.15, 0.2) is 54.6 Å². The zero-order valence-corrected chi connectivity index (χ0v) is 14.2. The van der Waals surface area contributed by atoms with Crippen LogP contribution in [-0.2, 0) is 12.8 Å². The standard InChI is InChI=1S/C22H22O3/c23-21-17-10-4-6-12-19(17)22(20-13-7-5-11-18(20)21)25-15-14-24-16-8-2-1-3-9-16/h1-4,6,8-10,12,23H,5,7,11,13-15H2. The molecule has 0 spiro atoms. The first-order chi connectivity index (χ1) is 12.3. The van der Waals surface area contributed by atoms with Crippen molar-refractivity contribution in [1.82, 2.24) is 0 Å². The first-order valence-corrected chi connectivity index (χ1v) is 8.90. The van der Waals surface area contributed by atoms with E-state index >= 15 is 0 Å². The summed E-state index contributed by atoms with van der Waals surface area (Å²) in [6.07, 6.45) is 4.14. The molecule has 3 aromatic carbocycles. The Morgan fingerprint density at radius 2 is 1.36 bits per heavy atom. The number of hydrogen-bond acceptors (Lipinski definition) is 3. The van der Waals surface area contributed by atoms with Gasteiger partial charge >= 0.3 is 0 Å². The molecule has 3 heteroatoms. The molecule has 1 aliphatic rings. The maximum absolute atomic E-state index is 10.7. The van der Waals surface area contributed by atoms with Gasteiger partial charge < -0.3 is 14.6 Å². The van der Waals surface area contributed by atoms with Gasteiger partial charge in [0.2, 0.25) is 0 Å². The van der Waals surface area contributed by atoms with Crippen molar-refractivity contribution in [1.29, 1.82) is 0 Å². The van der Waals surface area contributed by atoms with Crippen LogP contribution >= 0.6 is 0 Å². The number of fused-ring (bicyclic) bond motifs is 2. The van der Waals surface area contributed by atoms with Crippen molar-refractivity contribution in [2.24, 2.45) is 0 Å². The van der Waals surface area contributed by atoms with Gasteiger partial charge in [-0.3, -0.25) is 0 Å². The third-order valence-electron chi connectivity index (χ3n) is 4.80. The van der Waals surface area contributed by atoms with E-state index in [1.807, 2.05) is 54.6 Å². The number of aromatic hydroxyl groups is 1. The van der Waals surface area contributed by atoms with Crippen molar-refractivity contribution in [3.8, 4) is 17.2 Å². The van der Waals surface area contributed by atoms with E-state index in [9.17, 15) is 5.11 Å². The summed E-state index contributed by atoms with van der Waals surface area (Å²) in [6, 6.07) is 17.7. The number of benzene rings is 3. The van der Waals surface area contributed by atoms with Crippen LogP contribution in [0.2, 0.25) is 0 Å². The lowest BCUT2D eigenvalue weighted by Gasteiger charge is -2.23. The Morgan fingerprint density at radius 3 is 2.16 bits per heavy atom. The van der Waals surface area contributed by atoms with Crippen LogP contribution in [0.1, 0.15) is 24.0 Å². The molecule has 0 radical (unpaired) electrons. The third-order valence-corrected chi connectivity index (χ3v) is 4.80. The summed E-state index contributed by atoms with van der Waals surface area (Å²) < 4.78 is 11.9. The largest absolute Gasteiger partial charge is 0.507 e. The van der Waals surface area contributed by atoms with Crippen LogP contribution in [0, 0.1) is 0 Å². The third kappa shape index (κ3) is 3.14. The molecule has 0 fully saturated rings. The Labute approximate surface area is 147 Å². The second kappa shape index (κ2) is 7.06. The van der Waals surface area contributed by atoms with E-state index in [4.69, 9.17) is 9.47 Å². The maximum Gasteiger partial charge on any atom is 0.131 e. The fraction of sp³-hybridized carbons (Fsp3) is 0.273. The number of rotatable bonds is 5. The lowest BCUT2D eigenvalue weighted by Crippen LogP contribution is -2.12. The van der Waals surface area contributed by atoms with Gasteiger partial charge in [-0.25, -0.2) is 0 Å². The molecule has 0 saturated heterocycles. The first-order valence-electron chi connectivity index (χ1n) is 8.90. The van der Waals surface area contributed by atoms with Crippen molar-refractivity contribution in [3.63, 3.8) is 0 Å². The SMILES string of the molecule is Oc1c2c(c(OCCOc3ccccc3)c3ccccc13)CCCC2. The molecule has 0 atom stereocenters. The van der Waals surface area contributed by atoms with Gasteiger partial charge in [-0.2, -0.15) is 0 Å². The minimum atomic E-state index is 0.429.